The normalized spacial score (nSPS) is 11.5. The summed E-state index contributed by atoms with van der Waals surface area (Å²) < 4.78 is 19.6. The fraction of sp³-hybridized carbons (Fsp3) is 0.148. The van der Waals surface area contributed by atoms with E-state index in [1.807, 2.05) is 62.4 Å². The number of fused-ring (bicyclic) bond motifs is 2. The van der Waals surface area contributed by atoms with Gasteiger partial charge in [0, 0.05) is 9.86 Å². The minimum absolute atomic E-state index is 0.292. The Balaban J connectivity index is 1.65. The molecule has 0 amide bonds. The van der Waals surface area contributed by atoms with Gasteiger partial charge in [0.05, 0.1) is 30.3 Å². The zero-order valence-electron chi connectivity index (χ0n) is 19.2. The van der Waals surface area contributed by atoms with E-state index in [0.717, 1.165) is 15.4 Å². The fourth-order valence-electron chi connectivity index (χ4n) is 3.79. The quantitative estimate of drug-likeness (QED) is 0.232. The van der Waals surface area contributed by atoms with E-state index in [1.54, 1.807) is 24.4 Å². The molecule has 0 spiro atoms. The van der Waals surface area contributed by atoms with Crippen LogP contribution in [0, 0.1) is 0 Å². The fourth-order valence-corrected chi connectivity index (χ4v) is 4.17. The molecule has 0 aliphatic carbocycles. The summed E-state index contributed by atoms with van der Waals surface area (Å²) in [6.45, 7) is 4.86. The second kappa shape index (κ2) is 9.76. The first kappa shape index (κ1) is 22.9. The lowest BCUT2D eigenvalue weighted by Crippen LogP contribution is -2.20. The molecule has 7 nitrogen and oxygen atoms in total. The number of benzene rings is 3. The zero-order valence-corrected chi connectivity index (χ0v) is 20.8. The van der Waals surface area contributed by atoms with Crippen LogP contribution < -0.4 is 15.0 Å². The molecule has 176 valence electrons. The Hall–Kier alpha value is -3.91. The molecule has 8 heteroatoms. The molecule has 0 radical (unpaired) electrons. The maximum Gasteiger partial charge on any atom is 0.282 e. The molecule has 2 heterocycles. The summed E-state index contributed by atoms with van der Waals surface area (Å²) >= 11 is 3.48. The van der Waals surface area contributed by atoms with Crippen LogP contribution >= 0.6 is 15.9 Å². The molecule has 3 aromatic carbocycles. The second-order valence-corrected chi connectivity index (χ2v) is 8.59. The summed E-state index contributed by atoms with van der Waals surface area (Å²) in [6.07, 6.45) is 1.60. The summed E-state index contributed by atoms with van der Waals surface area (Å²) in [5.74, 6) is 2.03. The van der Waals surface area contributed by atoms with Gasteiger partial charge >= 0.3 is 0 Å². The number of ether oxygens (including phenoxy) is 2. The summed E-state index contributed by atoms with van der Waals surface area (Å²) in [6, 6.07) is 20.3. The van der Waals surface area contributed by atoms with E-state index >= 15 is 0 Å². The van der Waals surface area contributed by atoms with E-state index in [9.17, 15) is 4.79 Å². The highest BCUT2D eigenvalue weighted by Crippen LogP contribution is 2.30. The van der Waals surface area contributed by atoms with Gasteiger partial charge in [-0.25, -0.2) is 4.98 Å². The molecule has 0 unspecified atom stereocenters. The van der Waals surface area contributed by atoms with Crippen molar-refractivity contribution in [3.05, 3.63) is 87.1 Å². The first-order chi connectivity index (χ1) is 17.1. The SMILES string of the molecule is CCOc1ccc(C=Nn2c(-c3cc4cc(Br)ccc4o3)nc3ccccc3c2=O)cc1OCC. The van der Waals surface area contributed by atoms with E-state index < -0.39 is 0 Å². The Labute approximate surface area is 209 Å². The molecule has 35 heavy (non-hydrogen) atoms. The van der Waals surface area contributed by atoms with Crippen molar-refractivity contribution in [1.29, 1.82) is 0 Å². The molecule has 0 aliphatic heterocycles. The Kier molecular flexibility index (Phi) is 6.37. The van der Waals surface area contributed by atoms with Gasteiger partial charge < -0.3 is 13.9 Å². The van der Waals surface area contributed by atoms with Gasteiger partial charge in [-0.05, 0) is 74.0 Å². The predicted molar refractivity (Wildman–Crippen MR) is 141 cm³/mol. The Morgan fingerprint density at radius 2 is 1.80 bits per heavy atom. The third-order valence-electron chi connectivity index (χ3n) is 5.34. The topological polar surface area (TPSA) is 78.9 Å². The van der Waals surface area contributed by atoms with Crippen molar-refractivity contribution in [2.45, 2.75) is 13.8 Å². The predicted octanol–water partition coefficient (Wildman–Crippen LogP) is 6.25. The molecule has 2 aromatic heterocycles. The molecule has 5 rings (SSSR count). The Morgan fingerprint density at radius 1 is 1.00 bits per heavy atom. The van der Waals surface area contributed by atoms with E-state index in [4.69, 9.17) is 18.9 Å². The van der Waals surface area contributed by atoms with Crippen molar-refractivity contribution >= 4 is 44.0 Å². The molecule has 0 N–H and O–H groups in total. The van der Waals surface area contributed by atoms with Crippen LogP contribution in [-0.2, 0) is 0 Å². The van der Waals surface area contributed by atoms with Gasteiger partial charge in [-0.2, -0.15) is 9.78 Å². The van der Waals surface area contributed by atoms with Crippen molar-refractivity contribution in [1.82, 2.24) is 9.66 Å². The van der Waals surface area contributed by atoms with Crippen LogP contribution in [0.3, 0.4) is 0 Å². The number of rotatable bonds is 7. The lowest BCUT2D eigenvalue weighted by molar-refractivity contribution is 0.288. The van der Waals surface area contributed by atoms with Crippen LogP contribution in [0.1, 0.15) is 19.4 Å². The van der Waals surface area contributed by atoms with Crippen LogP contribution in [0.15, 0.2) is 85.5 Å². The van der Waals surface area contributed by atoms with Crippen molar-refractivity contribution in [3.63, 3.8) is 0 Å². The van der Waals surface area contributed by atoms with Crippen molar-refractivity contribution in [2.24, 2.45) is 5.10 Å². The second-order valence-electron chi connectivity index (χ2n) is 7.68. The van der Waals surface area contributed by atoms with Crippen molar-refractivity contribution in [2.75, 3.05) is 13.2 Å². The summed E-state index contributed by atoms with van der Waals surface area (Å²) in [5, 5.41) is 5.87. The van der Waals surface area contributed by atoms with E-state index in [2.05, 4.69) is 21.0 Å². The molecule has 0 saturated carbocycles. The molecule has 0 saturated heterocycles. The van der Waals surface area contributed by atoms with Crippen molar-refractivity contribution < 1.29 is 13.9 Å². The Bertz CT molecular complexity index is 1620. The van der Waals surface area contributed by atoms with Crippen molar-refractivity contribution in [3.8, 4) is 23.1 Å². The number of aromatic nitrogens is 2. The van der Waals surface area contributed by atoms with Crippen LogP contribution in [0.2, 0.25) is 0 Å². The van der Waals surface area contributed by atoms with Gasteiger partial charge in [0.25, 0.3) is 5.56 Å². The van der Waals surface area contributed by atoms with Crippen LogP contribution in [0.25, 0.3) is 33.5 Å². The summed E-state index contributed by atoms with van der Waals surface area (Å²) in [7, 11) is 0. The molecule has 0 fully saturated rings. The van der Waals surface area contributed by atoms with Gasteiger partial charge in [-0.15, -0.1) is 0 Å². The van der Waals surface area contributed by atoms with E-state index in [-0.39, 0.29) is 5.56 Å². The highest BCUT2D eigenvalue weighted by Gasteiger charge is 2.16. The molecule has 5 aromatic rings. The first-order valence-corrected chi connectivity index (χ1v) is 12.0. The maximum absolute atomic E-state index is 13.4. The highest BCUT2D eigenvalue weighted by atomic mass is 79.9. The van der Waals surface area contributed by atoms with Gasteiger partial charge in [-0.3, -0.25) is 4.79 Å². The van der Waals surface area contributed by atoms with Crippen LogP contribution in [0.4, 0.5) is 0 Å². The molecular formula is C27H22BrN3O4. The molecule has 0 aliphatic rings. The number of hydrogen-bond acceptors (Lipinski definition) is 6. The number of nitrogens with zero attached hydrogens (tertiary/aromatic N) is 3. The lowest BCUT2D eigenvalue weighted by Gasteiger charge is -2.11. The minimum atomic E-state index is -0.292. The number of furan rings is 1. The van der Waals surface area contributed by atoms with E-state index in [1.165, 1.54) is 4.68 Å². The monoisotopic (exact) mass is 531 g/mol. The summed E-state index contributed by atoms with van der Waals surface area (Å²) in [5.41, 5.74) is 1.71. The average molecular weight is 532 g/mol. The molecular weight excluding hydrogens is 510 g/mol. The lowest BCUT2D eigenvalue weighted by atomic mass is 10.2. The van der Waals surface area contributed by atoms with Crippen LogP contribution in [0.5, 0.6) is 11.5 Å². The number of halogens is 1. The zero-order chi connectivity index (χ0) is 24.4. The molecule has 0 bridgehead atoms. The Morgan fingerprint density at radius 3 is 2.63 bits per heavy atom. The number of para-hydroxylation sites is 1. The van der Waals surface area contributed by atoms with Crippen LogP contribution in [-0.4, -0.2) is 29.1 Å². The minimum Gasteiger partial charge on any atom is -0.490 e. The van der Waals surface area contributed by atoms with Gasteiger partial charge in [0.15, 0.2) is 17.3 Å². The number of hydrogen-bond donors (Lipinski definition) is 0. The van der Waals surface area contributed by atoms with Gasteiger partial charge in [0.2, 0.25) is 5.82 Å². The average Bonchev–Trinajstić information content (AvgIpc) is 3.28. The standard InChI is InChI=1S/C27H22BrN3O4/c1-3-33-23-11-9-17(13-24(23)34-4-2)16-29-31-26(30-21-8-6-5-7-20(21)27(31)32)25-15-18-14-19(28)10-12-22(18)35-25/h5-16H,3-4H2,1-2H3. The third-order valence-corrected chi connectivity index (χ3v) is 5.84. The third kappa shape index (κ3) is 4.57. The van der Waals surface area contributed by atoms with Gasteiger partial charge in [-0.1, -0.05) is 28.1 Å². The van der Waals surface area contributed by atoms with Gasteiger partial charge in [0.1, 0.15) is 5.58 Å². The summed E-state index contributed by atoms with van der Waals surface area (Å²) in [4.78, 5) is 18.2. The first-order valence-electron chi connectivity index (χ1n) is 11.2. The highest BCUT2D eigenvalue weighted by molar-refractivity contribution is 9.10. The largest absolute Gasteiger partial charge is 0.490 e. The smallest absolute Gasteiger partial charge is 0.282 e. The molecule has 0 atom stereocenters. The van der Waals surface area contributed by atoms with E-state index in [0.29, 0.717) is 52.8 Å². The maximum atomic E-state index is 13.4.